The van der Waals surface area contributed by atoms with Gasteiger partial charge in [-0.15, -0.1) is 0 Å². The van der Waals surface area contributed by atoms with Crippen LogP contribution >= 0.6 is 0 Å². The Kier molecular flexibility index (Phi) is 15.9. The molecule has 1 atom stereocenters. The Morgan fingerprint density at radius 3 is 1.87 bits per heavy atom. The summed E-state index contributed by atoms with van der Waals surface area (Å²) < 4.78 is 30.6. The van der Waals surface area contributed by atoms with Crippen LogP contribution in [0.5, 0.6) is 11.5 Å². The van der Waals surface area contributed by atoms with E-state index in [2.05, 4.69) is 6.92 Å². The van der Waals surface area contributed by atoms with Gasteiger partial charge >= 0.3 is 11.9 Å². The van der Waals surface area contributed by atoms with Crippen LogP contribution in [-0.2, 0) is 4.74 Å². The van der Waals surface area contributed by atoms with Gasteiger partial charge in [-0.05, 0) is 48.7 Å². The molecular formula is C33H47FO5. The predicted octanol–water partition coefficient (Wildman–Crippen LogP) is 9.33. The summed E-state index contributed by atoms with van der Waals surface area (Å²) in [4.78, 5) is 24.6. The zero-order valence-electron chi connectivity index (χ0n) is 24.1. The topological polar surface area (TPSA) is 61.8 Å². The molecule has 0 bridgehead atoms. The summed E-state index contributed by atoms with van der Waals surface area (Å²) in [5, 5.41) is 0. The molecule has 0 amide bonds. The van der Waals surface area contributed by atoms with Crippen LogP contribution < -0.4 is 9.47 Å². The predicted molar refractivity (Wildman–Crippen MR) is 154 cm³/mol. The van der Waals surface area contributed by atoms with Gasteiger partial charge in [-0.2, -0.15) is 0 Å². The van der Waals surface area contributed by atoms with Gasteiger partial charge in [0.05, 0.1) is 24.3 Å². The van der Waals surface area contributed by atoms with Crippen molar-refractivity contribution in [2.75, 3.05) is 13.2 Å². The Balaban J connectivity index is 1.64. The van der Waals surface area contributed by atoms with E-state index in [9.17, 15) is 14.0 Å². The van der Waals surface area contributed by atoms with Gasteiger partial charge in [-0.25, -0.2) is 14.0 Å². The number of benzene rings is 2. The summed E-state index contributed by atoms with van der Waals surface area (Å²) in [6, 6.07) is 10.4. The van der Waals surface area contributed by atoms with Gasteiger partial charge < -0.3 is 14.2 Å². The summed E-state index contributed by atoms with van der Waals surface area (Å²) in [5.74, 6) is -1.23. The summed E-state index contributed by atoms with van der Waals surface area (Å²) in [6.07, 6.45) is 16.4. The highest BCUT2D eigenvalue weighted by Gasteiger charge is 2.17. The van der Waals surface area contributed by atoms with Gasteiger partial charge in [0.2, 0.25) is 0 Å². The highest BCUT2D eigenvalue weighted by Crippen LogP contribution is 2.21. The number of rotatable bonds is 20. The first kappa shape index (κ1) is 32.3. The number of unbranched alkanes of at least 4 members (excludes halogenated alkanes) is 11. The van der Waals surface area contributed by atoms with Crippen molar-refractivity contribution in [3.63, 3.8) is 0 Å². The van der Waals surface area contributed by atoms with Crippen molar-refractivity contribution in [2.45, 2.75) is 104 Å². The molecule has 2 rings (SSSR count). The molecule has 39 heavy (non-hydrogen) atoms. The van der Waals surface area contributed by atoms with Crippen molar-refractivity contribution in [1.82, 2.24) is 0 Å². The molecule has 6 heteroatoms. The number of hydrogen-bond donors (Lipinski definition) is 0. The Bertz CT molecular complexity index is 973. The van der Waals surface area contributed by atoms with E-state index >= 15 is 0 Å². The lowest BCUT2D eigenvalue weighted by atomic mass is 10.1. The lowest BCUT2D eigenvalue weighted by molar-refractivity contribution is 0.0441. The van der Waals surface area contributed by atoms with Gasteiger partial charge in [0, 0.05) is 6.07 Å². The maximum absolute atomic E-state index is 14.4. The third kappa shape index (κ3) is 13.1. The highest BCUT2D eigenvalue weighted by molar-refractivity contribution is 5.92. The molecule has 2 aromatic carbocycles. The molecule has 0 fully saturated rings. The molecular weight excluding hydrogens is 495 g/mol. The zero-order valence-corrected chi connectivity index (χ0v) is 24.1. The Hall–Kier alpha value is -2.89. The van der Waals surface area contributed by atoms with E-state index in [1.807, 2.05) is 13.8 Å². The van der Waals surface area contributed by atoms with Gasteiger partial charge in [0.25, 0.3) is 0 Å². The Morgan fingerprint density at radius 1 is 0.744 bits per heavy atom. The largest absolute Gasteiger partial charge is 0.494 e. The molecule has 0 aliphatic heterocycles. The summed E-state index contributed by atoms with van der Waals surface area (Å²) in [5.41, 5.74) is 0.137. The van der Waals surface area contributed by atoms with E-state index in [1.54, 1.807) is 24.3 Å². The standard InChI is InChI=1S/C33H47FO5/c1-4-6-7-8-9-10-11-12-13-14-15-16-23-37-28-19-17-27(18-20-28)32(35)39-29-21-22-30(31(34)24-29)33(36)38-25-26(3)5-2/h17-22,24,26H,4-16,23,25H2,1-3H3. The van der Waals surface area contributed by atoms with Gasteiger partial charge in [0.15, 0.2) is 0 Å². The average molecular weight is 543 g/mol. The number of ether oxygens (including phenoxy) is 3. The molecule has 0 N–H and O–H groups in total. The molecule has 216 valence electrons. The molecule has 0 spiro atoms. The molecule has 0 saturated carbocycles. The molecule has 0 saturated heterocycles. The van der Waals surface area contributed by atoms with Crippen molar-refractivity contribution in [3.05, 3.63) is 59.4 Å². The van der Waals surface area contributed by atoms with Crippen LogP contribution in [0, 0.1) is 11.7 Å². The number of carbonyl (C=O) groups excluding carboxylic acids is 2. The van der Waals surface area contributed by atoms with Gasteiger partial charge in [-0.1, -0.05) is 97.8 Å². The van der Waals surface area contributed by atoms with E-state index in [-0.39, 0.29) is 23.8 Å². The molecule has 2 aromatic rings. The van der Waals surface area contributed by atoms with Crippen LogP contribution in [0.2, 0.25) is 0 Å². The molecule has 5 nitrogen and oxygen atoms in total. The molecule has 0 aliphatic rings. The van der Waals surface area contributed by atoms with Crippen molar-refractivity contribution in [1.29, 1.82) is 0 Å². The zero-order chi connectivity index (χ0) is 28.3. The summed E-state index contributed by atoms with van der Waals surface area (Å²) in [7, 11) is 0. The molecule has 0 aromatic heterocycles. The van der Waals surface area contributed by atoms with Crippen molar-refractivity contribution in [3.8, 4) is 11.5 Å². The average Bonchev–Trinajstić information content (AvgIpc) is 2.94. The lowest BCUT2D eigenvalue weighted by Gasteiger charge is -2.11. The summed E-state index contributed by atoms with van der Waals surface area (Å²) >= 11 is 0. The molecule has 0 radical (unpaired) electrons. The number of carbonyl (C=O) groups is 2. The quantitative estimate of drug-likeness (QED) is 0.0947. The Labute approximate surface area is 234 Å². The van der Waals surface area contributed by atoms with Crippen LogP contribution in [0.4, 0.5) is 4.39 Å². The van der Waals surface area contributed by atoms with Crippen LogP contribution in [0.15, 0.2) is 42.5 Å². The van der Waals surface area contributed by atoms with Crippen LogP contribution in [0.25, 0.3) is 0 Å². The fourth-order valence-electron chi connectivity index (χ4n) is 4.12. The minimum absolute atomic E-state index is 0.0169. The van der Waals surface area contributed by atoms with E-state index in [4.69, 9.17) is 14.2 Å². The van der Waals surface area contributed by atoms with Crippen molar-refractivity contribution in [2.24, 2.45) is 5.92 Å². The maximum atomic E-state index is 14.4. The minimum Gasteiger partial charge on any atom is -0.494 e. The van der Waals surface area contributed by atoms with E-state index in [0.717, 1.165) is 25.3 Å². The van der Waals surface area contributed by atoms with Gasteiger partial charge in [0.1, 0.15) is 17.3 Å². The Morgan fingerprint density at radius 2 is 1.31 bits per heavy atom. The minimum atomic E-state index is -0.795. The van der Waals surface area contributed by atoms with Crippen LogP contribution in [0.3, 0.4) is 0 Å². The van der Waals surface area contributed by atoms with Gasteiger partial charge in [-0.3, -0.25) is 0 Å². The smallest absolute Gasteiger partial charge is 0.343 e. The second kappa shape index (κ2) is 19.2. The third-order valence-corrected chi connectivity index (χ3v) is 6.92. The van der Waals surface area contributed by atoms with Crippen molar-refractivity contribution >= 4 is 11.9 Å². The normalized spacial score (nSPS) is 11.7. The molecule has 0 heterocycles. The number of esters is 2. The fraction of sp³-hybridized carbons (Fsp3) is 0.576. The third-order valence-electron chi connectivity index (χ3n) is 6.92. The summed E-state index contributed by atoms with van der Waals surface area (Å²) in [6.45, 7) is 7.07. The van der Waals surface area contributed by atoms with E-state index in [0.29, 0.717) is 17.9 Å². The lowest BCUT2D eigenvalue weighted by Crippen LogP contribution is -2.13. The van der Waals surface area contributed by atoms with E-state index < -0.39 is 17.8 Å². The first-order chi connectivity index (χ1) is 18.9. The fourth-order valence-corrected chi connectivity index (χ4v) is 4.12. The first-order valence-corrected chi connectivity index (χ1v) is 14.9. The second-order valence-corrected chi connectivity index (χ2v) is 10.4. The number of halogens is 1. The highest BCUT2D eigenvalue weighted by atomic mass is 19.1. The first-order valence-electron chi connectivity index (χ1n) is 14.9. The number of hydrogen-bond acceptors (Lipinski definition) is 5. The van der Waals surface area contributed by atoms with E-state index in [1.165, 1.54) is 76.3 Å². The van der Waals surface area contributed by atoms with Crippen LogP contribution in [0.1, 0.15) is 125 Å². The molecule has 1 unspecified atom stereocenters. The maximum Gasteiger partial charge on any atom is 0.343 e. The SMILES string of the molecule is CCCCCCCCCCCCCCOc1ccc(C(=O)Oc2ccc(C(=O)OCC(C)CC)c(F)c2)cc1. The second-order valence-electron chi connectivity index (χ2n) is 10.4. The molecule has 0 aliphatic carbocycles. The monoisotopic (exact) mass is 542 g/mol. The van der Waals surface area contributed by atoms with Crippen molar-refractivity contribution < 1.29 is 28.2 Å². The van der Waals surface area contributed by atoms with Crippen LogP contribution in [-0.4, -0.2) is 25.2 Å².